The maximum Gasteiger partial charge on any atom is 0.397 e. The molecule has 13 nitrogen and oxygen atoms in total. The van der Waals surface area contributed by atoms with Gasteiger partial charge in [-0.2, -0.15) is 16.8 Å². The third kappa shape index (κ3) is 11.8. The second-order valence-corrected chi connectivity index (χ2v) is 10.8. The first-order valence-electron chi connectivity index (χ1n) is 12.0. The van der Waals surface area contributed by atoms with Crippen LogP contribution in [0.15, 0.2) is 60.7 Å². The zero-order chi connectivity index (χ0) is 30.8. The van der Waals surface area contributed by atoms with Gasteiger partial charge < -0.3 is 14.2 Å². The Bertz CT molecular complexity index is 1400. The van der Waals surface area contributed by atoms with E-state index in [9.17, 15) is 26.4 Å². The summed E-state index contributed by atoms with van der Waals surface area (Å²) in [6, 6.07) is 9.17. The number of benzene rings is 2. The lowest BCUT2D eigenvalue weighted by molar-refractivity contribution is -0.131. The summed E-state index contributed by atoms with van der Waals surface area (Å²) in [6.07, 6.45) is 0.278. The van der Waals surface area contributed by atoms with Crippen molar-refractivity contribution in [1.82, 2.24) is 0 Å². The topological polar surface area (TPSA) is 189 Å². The van der Waals surface area contributed by atoms with Crippen LogP contribution in [0.3, 0.4) is 0 Å². The van der Waals surface area contributed by atoms with E-state index in [1.165, 1.54) is 26.0 Å². The molecular formula is C26H30O13S2. The molecule has 0 saturated carbocycles. The summed E-state index contributed by atoms with van der Waals surface area (Å²) >= 11 is 0. The van der Waals surface area contributed by atoms with E-state index in [4.69, 9.17) is 23.3 Å². The Morgan fingerprint density at radius 3 is 1.34 bits per heavy atom. The first kappa shape index (κ1) is 33.6. The van der Waals surface area contributed by atoms with Crippen molar-refractivity contribution in [2.24, 2.45) is 0 Å². The maximum atomic E-state index is 12.2. The monoisotopic (exact) mass is 614 g/mol. The van der Waals surface area contributed by atoms with Gasteiger partial charge in [0, 0.05) is 22.3 Å². The molecule has 0 spiro atoms. The Kier molecular flexibility index (Phi) is 12.2. The molecule has 0 radical (unpaired) electrons. The highest BCUT2D eigenvalue weighted by Gasteiger charge is 2.20. The fraction of sp³-hybridized carbons (Fsp3) is 0.308. The molecule has 15 heteroatoms. The van der Waals surface area contributed by atoms with E-state index in [0.29, 0.717) is 11.1 Å². The summed E-state index contributed by atoms with van der Waals surface area (Å²) in [7, 11) is -9.33. The van der Waals surface area contributed by atoms with Crippen LogP contribution in [0.25, 0.3) is 0 Å². The van der Waals surface area contributed by atoms with Gasteiger partial charge in [0.05, 0.1) is 13.2 Å². The Morgan fingerprint density at radius 2 is 1.02 bits per heavy atom. The molecule has 0 amide bonds. The maximum absolute atomic E-state index is 12.2. The van der Waals surface area contributed by atoms with Crippen LogP contribution in [0.5, 0.6) is 23.0 Å². The van der Waals surface area contributed by atoms with Gasteiger partial charge in [0.25, 0.3) is 0 Å². The van der Waals surface area contributed by atoms with Crippen molar-refractivity contribution in [3.8, 4) is 23.0 Å². The van der Waals surface area contributed by atoms with E-state index >= 15 is 0 Å². The van der Waals surface area contributed by atoms with Gasteiger partial charge in [0.2, 0.25) is 0 Å². The van der Waals surface area contributed by atoms with Crippen LogP contribution in [0, 0.1) is 0 Å². The van der Waals surface area contributed by atoms with Crippen molar-refractivity contribution < 1.29 is 58.1 Å². The predicted molar refractivity (Wildman–Crippen MR) is 145 cm³/mol. The highest BCUT2D eigenvalue weighted by atomic mass is 32.3. The fourth-order valence-corrected chi connectivity index (χ4v) is 3.94. The van der Waals surface area contributed by atoms with Crippen molar-refractivity contribution >= 4 is 32.7 Å². The number of ether oxygens (including phenoxy) is 3. The Morgan fingerprint density at radius 1 is 0.683 bits per heavy atom. The molecule has 0 bridgehead atoms. The van der Waals surface area contributed by atoms with Gasteiger partial charge in [-0.25, -0.2) is 18.0 Å². The second kappa shape index (κ2) is 14.9. The lowest BCUT2D eigenvalue weighted by atomic mass is 10.1. The first-order chi connectivity index (χ1) is 19.1. The molecule has 0 heterocycles. The van der Waals surface area contributed by atoms with Crippen LogP contribution in [-0.2, 0) is 51.6 Å². The van der Waals surface area contributed by atoms with E-state index in [1.807, 2.05) is 0 Å². The minimum absolute atomic E-state index is 0.0634. The van der Waals surface area contributed by atoms with Crippen LogP contribution in [0.2, 0.25) is 0 Å². The molecule has 41 heavy (non-hydrogen) atoms. The van der Waals surface area contributed by atoms with Gasteiger partial charge in [-0.05, 0) is 63.8 Å². The van der Waals surface area contributed by atoms with Crippen LogP contribution < -0.4 is 14.2 Å². The predicted octanol–water partition coefficient (Wildman–Crippen LogP) is 3.95. The van der Waals surface area contributed by atoms with Crippen LogP contribution in [-0.4, -0.2) is 51.1 Å². The van der Waals surface area contributed by atoms with Crippen molar-refractivity contribution in [2.45, 2.75) is 39.5 Å². The quantitative estimate of drug-likeness (QED) is 0.0910. The van der Waals surface area contributed by atoms with Crippen molar-refractivity contribution in [1.29, 1.82) is 0 Å². The fourth-order valence-electron chi connectivity index (χ4n) is 3.29. The Labute approximate surface area is 238 Å². The number of carbonyl (C=O) groups is 2. The molecule has 224 valence electrons. The van der Waals surface area contributed by atoms with Crippen LogP contribution >= 0.6 is 0 Å². The van der Waals surface area contributed by atoms with E-state index in [2.05, 4.69) is 21.5 Å². The molecule has 0 unspecified atom stereocenters. The molecule has 0 aliphatic rings. The summed E-state index contributed by atoms with van der Waals surface area (Å²) in [4.78, 5) is 24.5. The molecule has 2 rings (SSSR count). The van der Waals surface area contributed by atoms with Crippen molar-refractivity contribution in [3.63, 3.8) is 0 Å². The molecule has 0 aliphatic heterocycles. The summed E-state index contributed by atoms with van der Waals surface area (Å²) in [5.74, 6) is -0.882. The standard InChI is InChI=1S/C26H30O13S2/c1-17(2)25(27)38-23-13-5-11-21(19(23)9-7-15-35-40(29,30)31)37-22-12-6-14-24(39-26(28)18(3)4)20(22)10-8-16-36-41(32,33)34/h5-6,11-14H,1,3,7-10,15-16H2,2,4H3,(H,29,30,31)(H,32,33,34). The first-order valence-corrected chi connectivity index (χ1v) is 14.7. The summed E-state index contributed by atoms with van der Waals surface area (Å²) in [5, 5.41) is 0. The molecule has 2 aromatic carbocycles. The average Bonchev–Trinajstić information content (AvgIpc) is 2.85. The smallest absolute Gasteiger partial charge is 0.397 e. The highest BCUT2D eigenvalue weighted by Crippen LogP contribution is 2.38. The van der Waals surface area contributed by atoms with Crippen molar-refractivity contribution in [2.75, 3.05) is 13.2 Å². The van der Waals surface area contributed by atoms with Crippen molar-refractivity contribution in [3.05, 3.63) is 71.8 Å². The largest absolute Gasteiger partial charge is 0.457 e. The number of rotatable bonds is 16. The third-order valence-corrected chi connectivity index (χ3v) is 6.04. The van der Waals surface area contributed by atoms with Gasteiger partial charge in [0.1, 0.15) is 23.0 Å². The average molecular weight is 615 g/mol. The number of carbonyl (C=O) groups excluding carboxylic acids is 2. The molecule has 2 aromatic rings. The zero-order valence-electron chi connectivity index (χ0n) is 22.3. The van der Waals surface area contributed by atoms with Gasteiger partial charge in [-0.15, -0.1) is 0 Å². The molecule has 0 saturated heterocycles. The molecule has 0 atom stereocenters. The zero-order valence-corrected chi connectivity index (χ0v) is 24.0. The van der Waals surface area contributed by atoms with Crippen LogP contribution in [0.4, 0.5) is 0 Å². The summed E-state index contributed by atoms with van der Waals surface area (Å²) in [5.41, 5.74) is 0.925. The molecule has 0 aliphatic carbocycles. The minimum Gasteiger partial charge on any atom is -0.457 e. The Balaban J connectivity index is 2.49. The molecule has 2 N–H and O–H groups in total. The Hall–Kier alpha value is -3.60. The second-order valence-electron chi connectivity index (χ2n) is 8.61. The lowest BCUT2D eigenvalue weighted by Gasteiger charge is -2.19. The van der Waals surface area contributed by atoms with E-state index < -0.39 is 32.7 Å². The van der Waals surface area contributed by atoms with Gasteiger partial charge >= 0.3 is 32.7 Å². The third-order valence-electron chi connectivity index (χ3n) is 5.11. The molecule has 0 aromatic heterocycles. The highest BCUT2D eigenvalue weighted by molar-refractivity contribution is 7.81. The van der Waals surface area contributed by atoms with E-state index in [0.717, 1.165) is 0 Å². The van der Waals surface area contributed by atoms with Gasteiger partial charge in [-0.1, -0.05) is 25.3 Å². The van der Waals surface area contributed by atoms with E-state index in [-0.39, 0.29) is 73.0 Å². The SMILES string of the molecule is C=C(C)C(=O)Oc1cccc(Oc2cccc(OC(=O)C(=C)C)c2CCCOS(=O)(=O)O)c1CCCOS(=O)(=O)O. The van der Waals surface area contributed by atoms with Crippen LogP contribution in [0.1, 0.15) is 37.8 Å². The number of hydrogen-bond acceptors (Lipinski definition) is 11. The van der Waals surface area contributed by atoms with Gasteiger partial charge in [0.15, 0.2) is 0 Å². The normalized spacial score (nSPS) is 11.5. The minimum atomic E-state index is -4.66. The number of esters is 2. The molecular weight excluding hydrogens is 584 g/mol. The summed E-state index contributed by atoms with van der Waals surface area (Å²) in [6.45, 7) is 9.25. The van der Waals surface area contributed by atoms with E-state index in [1.54, 1.807) is 24.3 Å². The summed E-state index contributed by atoms with van der Waals surface area (Å²) < 4.78 is 87.1. The number of hydrogen-bond donors (Lipinski definition) is 2. The lowest BCUT2D eigenvalue weighted by Crippen LogP contribution is -2.12. The van der Waals surface area contributed by atoms with Gasteiger partial charge in [-0.3, -0.25) is 9.11 Å². The molecule has 0 fully saturated rings.